The van der Waals surface area contributed by atoms with E-state index in [1.165, 1.54) is 25.7 Å². The molecule has 5 heteroatoms. The molecule has 5 aliphatic rings. The molecule has 5 fully saturated rings. The second-order valence-corrected chi connectivity index (χ2v) is 18.9. The van der Waals surface area contributed by atoms with Gasteiger partial charge in [0.05, 0.1) is 18.3 Å². The molecular formula is C27H48O4Si. The molecule has 0 radical (unpaired) electrons. The first-order chi connectivity index (χ1) is 14.7. The monoisotopic (exact) mass is 464 g/mol. The van der Waals surface area contributed by atoms with Crippen molar-refractivity contribution in [1.82, 2.24) is 0 Å². The first kappa shape index (κ1) is 23.8. The summed E-state index contributed by atoms with van der Waals surface area (Å²) >= 11 is 0. The quantitative estimate of drug-likeness (QED) is 0.499. The maximum atomic E-state index is 10.9. The number of hydrogen-bond donors (Lipinski definition) is 1. The fourth-order valence-electron chi connectivity index (χ4n) is 8.41. The molecule has 1 heterocycles. The van der Waals surface area contributed by atoms with Gasteiger partial charge in [-0.25, -0.2) is 0 Å². The molecule has 4 nitrogen and oxygen atoms in total. The van der Waals surface area contributed by atoms with E-state index in [-0.39, 0.29) is 28.8 Å². The molecule has 4 saturated carbocycles. The summed E-state index contributed by atoms with van der Waals surface area (Å²) < 4.78 is 20.3. The SMILES string of the molecule is CC1(C)O[C@@H]2C3C[C@@H](O[Si](C)(C)C(C)(C)C)CCC3C3CC[C@@]4(C)C(CC[C@@H]4O)C3[C@H]2O1. The van der Waals surface area contributed by atoms with Gasteiger partial charge in [-0.2, -0.15) is 0 Å². The van der Waals surface area contributed by atoms with Crippen molar-refractivity contribution in [2.75, 3.05) is 0 Å². The lowest BCUT2D eigenvalue weighted by atomic mass is 9.49. The molecule has 184 valence electrons. The minimum atomic E-state index is -1.78. The van der Waals surface area contributed by atoms with Crippen LogP contribution in [0.4, 0.5) is 0 Å². The Morgan fingerprint density at radius 2 is 1.56 bits per heavy atom. The molecule has 0 bridgehead atoms. The van der Waals surface area contributed by atoms with Gasteiger partial charge < -0.3 is 19.0 Å². The minimum Gasteiger partial charge on any atom is -0.414 e. The third-order valence-electron chi connectivity index (χ3n) is 11.0. The van der Waals surface area contributed by atoms with Gasteiger partial charge in [0.1, 0.15) is 0 Å². The van der Waals surface area contributed by atoms with E-state index in [1.54, 1.807) is 0 Å². The van der Waals surface area contributed by atoms with E-state index in [9.17, 15) is 5.11 Å². The Hall–Kier alpha value is 0.0569. The molecular weight excluding hydrogens is 416 g/mol. The van der Waals surface area contributed by atoms with Gasteiger partial charge in [0, 0.05) is 6.10 Å². The molecule has 4 aliphatic carbocycles. The van der Waals surface area contributed by atoms with Crippen LogP contribution in [0.1, 0.15) is 86.5 Å². The topological polar surface area (TPSA) is 47.9 Å². The molecule has 0 spiro atoms. The van der Waals surface area contributed by atoms with Crippen molar-refractivity contribution in [3.05, 3.63) is 0 Å². The van der Waals surface area contributed by atoms with Crippen molar-refractivity contribution in [3.63, 3.8) is 0 Å². The second-order valence-electron chi connectivity index (χ2n) is 14.2. The van der Waals surface area contributed by atoms with E-state index in [2.05, 4.69) is 54.6 Å². The molecule has 0 aromatic rings. The van der Waals surface area contributed by atoms with Crippen LogP contribution in [0.15, 0.2) is 0 Å². The molecule has 10 atom stereocenters. The maximum Gasteiger partial charge on any atom is 0.192 e. The Labute approximate surface area is 197 Å². The Bertz CT molecular complexity index is 730. The zero-order valence-electron chi connectivity index (χ0n) is 21.8. The fourth-order valence-corrected chi connectivity index (χ4v) is 9.81. The molecule has 0 aromatic carbocycles. The average Bonchev–Trinajstić information content (AvgIpc) is 3.16. The van der Waals surface area contributed by atoms with Gasteiger partial charge in [-0.3, -0.25) is 0 Å². The smallest absolute Gasteiger partial charge is 0.192 e. The number of ether oxygens (including phenoxy) is 2. The van der Waals surface area contributed by atoms with E-state index in [1.807, 2.05) is 0 Å². The first-order valence-electron chi connectivity index (χ1n) is 13.4. The van der Waals surface area contributed by atoms with Crippen LogP contribution >= 0.6 is 0 Å². The summed E-state index contributed by atoms with van der Waals surface area (Å²) in [5.41, 5.74) is 0.0668. The first-order valence-corrected chi connectivity index (χ1v) is 16.4. The number of hydrogen-bond acceptors (Lipinski definition) is 4. The van der Waals surface area contributed by atoms with Gasteiger partial charge in [-0.05, 0) is 112 Å². The molecule has 1 saturated heterocycles. The van der Waals surface area contributed by atoms with Gasteiger partial charge in [0.2, 0.25) is 0 Å². The van der Waals surface area contributed by atoms with Crippen LogP contribution in [-0.4, -0.2) is 43.6 Å². The molecule has 5 unspecified atom stereocenters. The number of rotatable bonds is 2. The maximum absolute atomic E-state index is 10.9. The van der Waals surface area contributed by atoms with Crippen molar-refractivity contribution in [2.45, 2.75) is 135 Å². The third-order valence-corrected chi connectivity index (χ3v) is 15.6. The van der Waals surface area contributed by atoms with Crippen molar-refractivity contribution < 1.29 is 19.0 Å². The zero-order chi connectivity index (χ0) is 23.3. The highest BCUT2D eigenvalue weighted by atomic mass is 28.4. The summed E-state index contributed by atoms with van der Waals surface area (Å²) in [6, 6.07) is 0. The van der Waals surface area contributed by atoms with Gasteiger partial charge in [-0.15, -0.1) is 0 Å². The number of aliphatic hydroxyl groups is 1. The van der Waals surface area contributed by atoms with E-state index in [4.69, 9.17) is 13.9 Å². The Balaban J connectivity index is 1.42. The molecule has 0 amide bonds. The van der Waals surface area contributed by atoms with Crippen LogP contribution in [-0.2, 0) is 13.9 Å². The van der Waals surface area contributed by atoms with Crippen molar-refractivity contribution >= 4 is 8.32 Å². The van der Waals surface area contributed by atoms with Crippen molar-refractivity contribution in [1.29, 1.82) is 0 Å². The predicted octanol–water partition coefficient (Wildman–Crippen LogP) is 6.13. The van der Waals surface area contributed by atoms with E-state index < -0.39 is 14.1 Å². The normalized spacial score (nSPS) is 50.3. The molecule has 1 aliphatic heterocycles. The average molecular weight is 465 g/mol. The highest BCUT2D eigenvalue weighted by Crippen LogP contribution is 2.65. The van der Waals surface area contributed by atoms with Crippen LogP contribution in [0, 0.1) is 35.0 Å². The largest absolute Gasteiger partial charge is 0.414 e. The van der Waals surface area contributed by atoms with Crippen LogP contribution in [0.2, 0.25) is 18.1 Å². The summed E-state index contributed by atoms with van der Waals surface area (Å²) in [5.74, 6) is 2.59. The number of fused-ring (bicyclic) bond motifs is 8. The summed E-state index contributed by atoms with van der Waals surface area (Å²) in [5, 5.41) is 11.1. The van der Waals surface area contributed by atoms with E-state index in [0.717, 1.165) is 31.1 Å². The lowest BCUT2D eigenvalue weighted by Gasteiger charge is -2.58. The van der Waals surface area contributed by atoms with Gasteiger partial charge >= 0.3 is 0 Å². The van der Waals surface area contributed by atoms with E-state index >= 15 is 0 Å². The van der Waals surface area contributed by atoms with E-state index in [0.29, 0.717) is 23.9 Å². The second kappa shape index (κ2) is 7.53. The molecule has 32 heavy (non-hydrogen) atoms. The fraction of sp³-hybridized carbons (Fsp3) is 1.00. The highest BCUT2D eigenvalue weighted by molar-refractivity contribution is 6.74. The van der Waals surface area contributed by atoms with Crippen LogP contribution < -0.4 is 0 Å². The Morgan fingerprint density at radius 3 is 2.25 bits per heavy atom. The standard InChI is InChI=1S/C27H48O4Si/c1-25(2,3)32(7,8)31-16-9-10-17-18-13-14-27(6)20(11-12-21(27)28)22(18)24-23(19(17)15-16)29-26(4,5)30-24/h16-24,28H,9-15H2,1-8H3/t16-,17?,18?,19?,20?,21-,22?,23+,24+,27-/m0/s1. The minimum absolute atomic E-state index is 0.0668. The lowest BCUT2D eigenvalue weighted by molar-refractivity contribution is -0.162. The zero-order valence-corrected chi connectivity index (χ0v) is 22.8. The molecule has 5 rings (SSSR count). The summed E-state index contributed by atoms with van der Waals surface area (Å²) in [7, 11) is -1.78. The van der Waals surface area contributed by atoms with Crippen molar-refractivity contribution in [3.8, 4) is 0 Å². The Kier molecular flexibility index (Phi) is 5.59. The highest BCUT2D eigenvalue weighted by Gasteiger charge is 2.65. The van der Waals surface area contributed by atoms with Gasteiger partial charge in [0.15, 0.2) is 14.1 Å². The van der Waals surface area contributed by atoms with Gasteiger partial charge in [0.25, 0.3) is 0 Å². The number of aliphatic hydroxyl groups excluding tert-OH is 1. The molecule has 0 aromatic heterocycles. The van der Waals surface area contributed by atoms with Crippen LogP contribution in [0.3, 0.4) is 0 Å². The summed E-state index contributed by atoms with van der Waals surface area (Å²) in [6.07, 6.45) is 8.71. The third kappa shape index (κ3) is 3.59. The summed E-state index contributed by atoms with van der Waals surface area (Å²) in [4.78, 5) is 0. The molecule has 1 N–H and O–H groups in total. The van der Waals surface area contributed by atoms with Crippen LogP contribution in [0.25, 0.3) is 0 Å². The van der Waals surface area contributed by atoms with Gasteiger partial charge in [-0.1, -0.05) is 27.7 Å². The van der Waals surface area contributed by atoms with Crippen molar-refractivity contribution in [2.24, 2.45) is 35.0 Å². The van der Waals surface area contributed by atoms with Crippen LogP contribution in [0.5, 0.6) is 0 Å². The predicted molar refractivity (Wildman–Crippen MR) is 130 cm³/mol. The Morgan fingerprint density at radius 1 is 0.875 bits per heavy atom. The summed E-state index contributed by atoms with van der Waals surface area (Å²) in [6.45, 7) is 18.4. The lowest BCUT2D eigenvalue weighted by Crippen LogP contribution is -2.60.